The van der Waals surface area contributed by atoms with E-state index >= 15 is 0 Å². The smallest absolute Gasteiger partial charge is 0.334 e. The molecule has 126 valence electrons. The highest BCUT2D eigenvalue weighted by atomic mass is 16.5. The number of hydrogen-bond donors (Lipinski definition) is 1. The van der Waals surface area contributed by atoms with Gasteiger partial charge in [0, 0.05) is 12.1 Å². The van der Waals surface area contributed by atoms with Crippen molar-refractivity contribution in [3.05, 3.63) is 29.8 Å². The molecule has 3 rings (SSSR count). The van der Waals surface area contributed by atoms with Crippen molar-refractivity contribution in [3.63, 3.8) is 0 Å². The average molecular weight is 331 g/mol. The van der Waals surface area contributed by atoms with Crippen LogP contribution in [0.25, 0.3) is 11.4 Å². The van der Waals surface area contributed by atoms with Gasteiger partial charge in [0.05, 0.1) is 13.2 Å². The Balaban J connectivity index is 1.65. The molecule has 2 heterocycles. The molecule has 0 spiro atoms. The second-order valence-corrected chi connectivity index (χ2v) is 5.55. The number of benzene rings is 1. The predicted molar refractivity (Wildman–Crippen MR) is 81.9 cm³/mol. The molecule has 24 heavy (non-hydrogen) atoms. The maximum absolute atomic E-state index is 12.3. The fraction of sp³-hybridized carbons (Fsp3) is 0.400. The summed E-state index contributed by atoms with van der Waals surface area (Å²) in [5.41, 5.74) is 1.94. The summed E-state index contributed by atoms with van der Waals surface area (Å²) >= 11 is 0. The summed E-state index contributed by atoms with van der Waals surface area (Å²) in [6.45, 7) is 2.46. The molecule has 0 unspecified atom stereocenters. The summed E-state index contributed by atoms with van der Waals surface area (Å²) in [7, 11) is 0. The van der Waals surface area contributed by atoms with Gasteiger partial charge >= 0.3 is 5.97 Å². The monoisotopic (exact) mass is 331 g/mol. The first-order chi connectivity index (χ1) is 11.5. The molecule has 0 bridgehead atoms. The quantitative estimate of drug-likeness (QED) is 0.837. The molecular weight excluding hydrogens is 314 g/mol. The van der Waals surface area contributed by atoms with Crippen LogP contribution in [0.3, 0.4) is 0 Å². The largest absolute Gasteiger partial charge is 0.479 e. The molecule has 9 nitrogen and oxygen atoms in total. The molecule has 0 saturated carbocycles. The van der Waals surface area contributed by atoms with Crippen LogP contribution in [-0.4, -0.2) is 67.9 Å². The molecule has 1 aromatic heterocycles. The highest BCUT2D eigenvalue weighted by Crippen LogP contribution is 2.14. The minimum atomic E-state index is -1.08. The van der Waals surface area contributed by atoms with Gasteiger partial charge in [-0.25, -0.2) is 4.79 Å². The Hall–Kier alpha value is -2.81. The van der Waals surface area contributed by atoms with Gasteiger partial charge in [-0.05, 0) is 12.1 Å². The normalized spacial score (nSPS) is 17.7. The number of tetrazole rings is 1. The Labute approximate surface area is 137 Å². The number of aromatic nitrogens is 4. The summed E-state index contributed by atoms with van der Waals surface area (Å²) in [4.78, 5) is 25.9. The zero-order chi connectivity index (χ0) is 17.1. The Morgan fingerprint density at radius 1 is 1.33 bits per heavy atom. The number of carbonyl (C=O) groups excluding carboxylic acids is 1. The van der Waals surface area contributed by atoms with Crippen molar-refractivity contribution in [2.45, 2.75) is 19.6 Å². The molecule has 0 aliphatic carbocycles. The first-order valence-electron chi connectivity index (χ1n) is 7.50. The third-order valence-corrected chi connectivity index (χ3v) is 3.73. The number of carbonyl (C=O) groups is 2. The van der Waals surface area contributed by atoms with Gasteiger partial charge in [-0.3, -0.25) is 4.79 Å². The summed E-state index contributed by atoms with van der Waals surface area (Å²) in [6, 6.07) is 7.66. The molecule has 1 N–H and O–H groups in total. The van der Waals surface area contributed by atoms with Crippen molar-refractivity contribution >= 4 is 11.9 Å². The van der Waals surface area contributed by atoms with E-state index in [4.69, 9.17) is 9.84 Å². The third-order valence-electron chi connectivity index (χ3n) is 3.73. The lowest BCUT2D eigenvalue weighted by Gasteiger charge is -2.30. The molecule has 1 aliphatic rings. The Morgan fingerprint density at radius 2 is 2.08 bits per heavy atom. The van der Waals surface area contributed by atoms with Gasteiger partial charge in [-0.1, -0.05) is 29.8 Å². The number of amides is 1. The van der Waals surface area contributed by atoms with Crippen LogP contribution < -0.4 is 0 Å². The van der Waals surface area contributed by atoms with E-state index in [2.05, 4.69) is 15.4 Å². The molecule has 1 saturated heterocycles. The van der Waals surface area contributed by atoms with Crippen LogP contribution >= 0.6 is 0 Å². The lowest BCUT2D eigenvalue weighted by Crippen LogP contribution is -2.49. The highest BCUT2D eigenvalue weighted by molar-refractivity contribution is 5.78. The topological polar surface area (TPSA) is 110 Å². The van der Waals surface area contributed by atoms with Crippen molar-refractivity contribution in [1.29, 1.82) is 0 Å². The van der Waals surface area contributed by atoms with Crippen LogP contribution in [0.5, 0.6) is 0 Å². The molecule has 2 aromatic rings. The number of aliphatic carboxylic acids is 1. The first-order valence-corrected chi connectivity index (χ1v) is 7.50. The van der Waals surface area contributed by atoms with Gasteiger partial charge in [-0.2, -0.15) is 4.80 Å². The van der Waals surface area contributed by atoms with Crippen LogP contribution in [0, 0.1) is 6.92 Å². The van der Waals surface area contributed by atoms with E-state index in [-0.39, 0.29) is 25.6 Å². The average Bonchev–Trinajstić information content (AvgIpc) is 3.04. The van der Waals surface area contributed by atoms with Crippen LogP contribution in [0.1, 0.15) is 5.56 Å². The molecule has 1 atom stereocenters. The minimum absolute atomic E-state index is 0.0215. The van der Waals surface area contributed by atoms with Crippen molar-refractivity contribution < 1.29 is 19.4 Å². The summed E-state index contributed by atoms with van der Waals surface area (Å²) in [5, 5.41) is 21.0. The molecule has 9 heteroatoms. The standard InChI is InChI=1S/C15H17N5O4/c1-10-2-4-11(5-3-10)14-16-18-20(17-14)9-13(21)19-6-7-24-12(8-19)15(22)23/h2-5,12H,6-9H2,1H3,(H,22,23)/t12-/m0/s1. The number of nitrogens with zero attached hydrogens (tertiary/aromatic N) is 5. The van der Waals surface area contributed by atoms with E-state index in [0.29, 0.717) is 12.4 Å². The van der Waals surface area contributed by atoms with Gasteiger partial charge in [0.2, 0.25) is 11.7 Å². The van der Waals surface area contributed by atoms with Gasteiger partial charge in [0.15, 0.2) is 6.10 Å². The molecular formula is C15H17N5O4. The number of rotatable bonds is 4. The zero-order valence-electron chi connectivity index (χ0n) is 13.1. The van der Waals surface area contributed by atoms with E-state index < -0.39 is 12.1 Å². The maximum atomic E-state index is 12.3. The van der Waals surface area contributed by atoms with E-state index in [0.717, 1.165) is 11.1 Å². The van der Waals surface area contributed by atoms with E-state index in [1.54, 1.807) is 0 Å². The van der Waals surface area contributed by atoms with Gasteiger partial charge < -0.3 is 14.7 Å². The maximum Gasteiger partial charge on any atom is 0.334 e. The molecule has 1 amide bonds. The second kappa shape index (κ2) is 6.75. The number of aryl methyl sites for hydroxylation is 1. The predicted octanol–water partition coefficient (Wildman–Crippen LogP) is -0.0395. The van der Waals surface area contributed by atoms with Crippen LogP contribution in [0.4, 0.5) is 0 Å². The molecule has 1 aromatic carbocycles. The Morgan fingerprint density at radius 3 is 2.79 bits per heavy atom. The minimum Gasteiger partial charge on any atom is -0.479 e. The van der Waals surface area contributed by atoms with Crippen molar-refractivity contribution in [2.24, 2.45) is 0 Å². The van der Waals surface area contributed by atoms with Crippen molar-refractivity contribution in [2.75, 3.05) is 19.7 Å². The molecule has 1 fully saturated rings. The van der Waals surface area contributed by atoms with Gasteiger partial charge in [0.25, 0.3) is 0 Å². The van der Waals surface area contributed by atoms with Crippen molar-refractivity contribution in [3.8, 4) is 11.4 Å². The molecule has 0 radical (unpaired) electrons. The number of carboxylic acids is 1. The van der Waals surface area contributed by atoms with Crippen molar-refractivity contribution in [1.82, 2.24) is 25.1 Å². The third kappa shape index (κ3) is 3.57. The van der Waals surface area contributed by atoms with Gasteiger partial charge in [-0.15, -0.1) is 10.2 Å². The SMILES string of the molecule is Cc1ccc(-c2nnn(CC(=O)N3CCO[C@H](C(=O)O)C3)n2)cc1. The number of carboxylic acid groups (broad SMARTS) is 1. The zero-order valence-corrected chi connectivity index (χ0v) is 13.1. The van der Waals surface area contributed by atoms with Gasteiger partial charge in [0.1, 0.15) is 6.54 Å². The number of morpholine rings is 1. The van der Waals surface area contributed by atoms with E-state index in [9.17, 15) is 9.59 Å². The fourth-order valence-electron chi connectivity index (χ4n) is 2.37. The van der Waals surface area contributed by atoms with E-state index in [1.165, 1.54) is 9.70 Å². The van der Waals surface area contributed by atoms with Crippen LogP contribution in [0.2, 0.25) is 0 Å². The van der Waals surface area contributed by atoms with Crippen LogP contribution in [-0.2, 0) is 20.9 Å². The lowest BCUT2D eigenvalue weighted by molar-refractivity contribution is -0.159. The molecule has 1 aliphatic heterocycles. The first kappa shape index (κ1) is 16.1. The highest BCUT2D eigenvalue weighted by Gasteiger charge is 2.29. The second-order valence-electron chi connectivity index (χ2n) is 5.55. The summed E-state index contributed by atoms with van der Waals surface area (Å²) < 4.78 is 5.10. The fourth-order valence-corrected chi connectivity index (χ4v) is 2.37. The summed E-state index contributed by atoms with van der Waals surface area (Å²) in [6.07, 6.45) is -0.991. The Bertz CT molecular complexity index is 743. The lowest BCUT2D eigenvalue weighted by atomic mass is 10.1. The Kier molecular flexibility index (Phi) is 4.52. The van der Waals surface area contributed by atoms with Crippen LogP contribution in [0.15, 0.2) is 24.3 Å². The number of hydrogen-bond acceptors (Lipinski definition) is 6. The summed E-state index contributed by atoms with van der Waals surface area (Å²) in [5.74, 6) is -0.904. The van der Waals surface area contributed by atoms with E-state index in [1.807, 2.05) is 31.2 Å². The number of ether oxygens (including phenoxy) is 1.